The molecule has 21 heavy (non-hydrogen) atoms. The highest BCUT2D eigenvalue weighted by Gasteiger charge is 2.12. The van der Waals surface area contributed by atoms with Crippen molar-refractivity contribution in [2.24, 2.45) is 5.73 Å². The second-order valence-electron chi connectivity index (χ2n) is 4.93. The molecule has 2 aromatic carbocycles. The van der Waals surface area contributed by atoms with Crippen molar-refractivity contribution in [1.82, 2.24) is 0 Å². The van der Waals surface area contributed by atoms with Crippen molar-refractivity contribution in [3.05, 3.63) is 82.0 Å². The molecule has 2 N–H and O–H groups in total. The summed E-state index contributed by atoms with van der Waals surface area (Å²) in [5.41, 5.74) is 8.68. The Labute approximate surface area is 128 Å². The first-order valence-corrected chi connectivity index (χ1v) is 7.74. The molecule has 1 aromatic heterocycles. The molecule has 3 aromatic rings. The second-order valence-corrected chi connectivity index (χ2v) is 5.88. The molecule has 1 heterocycles. The third-order valence-electron chi connectivity index (χ3n) is 3.40. The number of aryl methyl sites for hydroxylation is 1. The number of hydrogen-bond donors (Lipinski definition) is 1. The lowest BCUT2D eigenvalue weighted by Gasteiger charge is -2.12. The minimum atomic E-state index is -0.0734. The summed E-state index contributed by atoms with van der Waals surface area (Å²) < 4.78 is 5.79. The zero-order valence-corrected chi connectivity index (χ0v) is 12.6. The molecule has 0 aliphatic carbocycles. The molecule has 1 unspecified atom stereocenters. The van der Waals surface area contributed by atoms with Crippen LogP contribution in [0.25, 0.3) is 0 Å². The van der Waals surface area contributed by atoms with Gasteiger partial charge in [0.2, 0.25) is 0 Å². The minimum Gasteiger partial charge on any atom is -0.457 e. The smallest absolute Gasteiger partial charge is 0.127 e. The maximum absolute atomic E-state index is 6.33. The van der Waals surface area contributed by atoms with Crippen LogP contribution in [-0.4, -0.2) is 0 Å². The second kappa shape index (κ2) is 6.12. The van der Waals surface area contributed by atoms with Crippen molar-refractivity contribution in [3.63, 3.8) is 0 Å². The average molecular weight is 295 g/mol. The van der Waals surface area contributed by atoms with E-state index < -0.39 is 0 Å². The lowest BCUT2D eigenvalue weighted by molar-refractivity contribution is 0.482. The lowest BCUT2D eigenvalue weighted by atomic mass is 10.0. The molecule has 0 radical (unpaired) electrons. The van der Waals surface area contributed by atoms with Gasteiger partial charge in [-0.05, 0) is 53.8 Å². The van der Waals surface area contributed by atoms with Gasteiger partial charge in [-0.2, -0.15) is 0 Å². The van der Waals surface area contributed by atoms with E-state index in [1.54, 1.807) is 11.3 Å². The fourth-order valence-electron chi connectivity index (χ4n) is 2.22. The highest BCUT2D eigenvalue weighted by Crippen LogP contribution is 2.29. The fraction of sp³-hybridized carbons (Fsp3) is 0.111. The van der Waals surface area contributed by atoms with Crippen LogP contribution in [0.5, 0.6) is 11.5 Å². The Hall–Kier alpha value is -2.10. The van der Waals surface area contributed by atoms with E-state index in [4.69, 9.17) is 10.5 Å². The van der Waals surface area contributed by atoms with Gasteiger partial charge in [-0.25, -0.2) is 0 Å². The predicted octanol–water partition coefficient (Wildman–Crippen LogP) is 4.90. The third-order valence-corrected chi connectivity index (χ3v) is 4.50. The van der Waals surface area contributed by atoms with Gasteiger partial charge >= 0.3 is 0 Å². The van der Waals surface area contributed by atoms with Crippen LogP contribution in [0.15, 0.2) is 66.0 Å². The molecule has 0 spiro atoms. The molecule has 0 amide bonds. The first kappa shape index (κ1) is 13.9. The molecule has 3 heteroatoms. The van der Waals surface area contributed by atoms with Crippen LogP contribution in [0, 0.1) is 6.92 Å². The van der Waals surface area contributed by atoms with E-state index in [-0.39, 0.29) is 6.04 Å². The Morgan fingerprint density at radius 2 is 1.57 bits per heavy atom. The van der Waals surface area contributed by atoms with Crippen molar-refractivity contribution >= 4 is 11.3 Å². The maximum Gasteiger partial charge on any atom is 0.127 e. The third kappa shape index (κ3) is 3.15. The summed E-state index contributed by atoms with van der Waals surface area (Å²) in [6, 6.07) is 19.8. The molecular weight excluding hydrogens is 278 g/mol. The molecule has 0 aliphatic heterocycles. The number of para-hydroxylation sites is 1. The minimum absolute atomic E-state index is 0.0734. The zero-order chi connectivity index (χ0) is 14.7. The molecule has 1 atom stereocenters. The van der Waals surface area contributed by atoms with Crippen LogP contribution in [0.2, 0.25) is 0 Å². The van der Waals surface area contributed by atoms with Gasteiger partial charge in [0, 0.05) is 4.88 Å². The molecule has 0 saturated heterocycles. The first-order valence-electron chi connectivity index (χ1n) is 6.86. The first-order chi connectivity index (χ1) is 10.2. The standard InChI is InChI=1S/C18H17NOS/c1-13-11-12-21-18(13)17(19)14-7-9-16(10-8-14)20-15-5-3-2-4-6-15/h2-12,17H,19H2,1H3. The van der Waals surface area contributed by atoms with Gasteiger partial charge in [-0.1, -0.05) is 30.3 Å². The van der Waals surface area contributed by atoms with Gasteiger partial charge in [0.25, 0.3) is 0 Å². The van der Waals surface area contributed by atoms with E-state index in [0.717, 1.165) is 17.1 Å². The van der Waals surface area contributed by atoms with Crippen LogP contribution in [0.3, 0.4) is 0 Å². The number of rotatable bonds is 4. The number of nitrogens with two attached hydrogens (primary N) is 1. The van der Waals surface area contributed by atoms with Crippen LogP contribution in [-0.2, 0) is 0 Å². The zero-order valence-electron chi connectivity index (χ0n) is 11.8. The Morgan fingerprint density at radius 3 is 2.19 bits per heavy atom. The topological polar surface area (TPSA) is 35.2 Å². The van der Waals surface area contributed by atoms with Gasteiger partial charge < -0.3 is 10.5 Å². The van der Waals surface area contributed by atoms with Gasteiger partial charge in [-0.15, -0.1) is 11.3 Å². The Bertz CT molecular complexity index is 704. The predicted molar refractivity (Wildman–Crippen MR) is 88.0 cm³/mol. The van der Waals surface area contributed by atoms with E-state index >= 15 is 0 Å². The summed E-state index contributed by atoms with van der Waals surface area (Å²) in [6.07, 6.45) is 0. The largest absolute Gasteiger partial charge is 0.457 e. The van der Waals surface area contributed by atoms with Crippen LogP contribution in [0.4, 0.5) is 0 Å². The van der Waals surface area contributed by atoms with Crippen LogP contribution < -0.4 is 10.5 Å². The lowest BCUT2D eigenvalue weighted by Crippen LogP contribution is -2.11. The summed E-state index contributed by atoms with van der Waals surface area (Å²) in [5.74, 6) is 1.66. The molecule has 0 aliphatic rings. The van der Waals surface area contributed by atoms with E-state index in [9.17, 15) is 0 Å². The van der Waals surface area contributed by atoms with Crippen molar-refractivity contribution in [1.29, 1.82) is 0 Å². The van der Waals surface area contributed by atoms with Crippen LogP contribution in [0.1, 0.15) is 22.0 Å². The van der Waals surface area contributed by atoms with Gasteiger partial charge in [0.1, 0.15) is 11.5 Å². The SMILES string of the molecule is Cc1ccsc1C(N)c1ccc(Oc2ccccc2)cc1. The van der Waals surface area contributed by atoms with Crippen molar-refractivity contribution < 1.29 is 4.74 Å². The molecule has 2 nitrogen and oxygen atoms in total. The quantitative estimate of drug-likeness (QED) is 0.743. The van der Waals surface area contributed by atoms with Gasteiger partial charge in [0.15, 0.2) is 0 Å². The Balaban J connectivity index is 1.77. The van der Waals surface area contributed by atoms with E-state index in [1.165, 1.54) is 10.4 Å². The fourth-order valence-corrected chi connectivity index (χ4v) is 3.18. The summed E-state index contributed by atoms with van der Waals surface area (Å²) in [5, 5.41) is 2.08. The van der Waals surface area contributed by atoms with E-state index in [1.807, 2.05) is 54.6 Å². The van der Waals surface area contributed by atoms with E-state index in [0.29, 0.717) is 0 Å². The molecule has 106 valence electrons. The summed E-state index contributed by atoms with van der Waals surface area (Å²) in [4.78, 5) is 1.21. The number of hydrogen-bond acceptors (Lipinski definition) is 3. The monoisotopic (exact) mass is 295 g/mol. The number of ether oxygens (including phenoxy) is 1. The molecular formula is C18H17NOS. The maximum atomic E-state index is 6.33. The van der Waals surface area contributed by atoms with Crippen molar-refractivity contribution in [2.75, 3.05) is 0 Å². The van der Waals surface area contributed by atoms with Gasteiger partial charge in [-0.3, -0.25) is 0 Å². The Kier molecular flexibility index (Phi) is 4.04. The summed E-state index contributed by atoms with van der Waals surface area (Å²) >= 11 is 1.70. The highest BCUT2D eigenvalue weighted by atomic mass is 32.1. The van der Waals surface area contributed by atoms with Crippen molar-refractivity contribution in [3.8, 4) is 11.5 Å². The molecule has 3 rings (SSSR count). The Morgan fingerprint density at radius 1 is 0.905 bits per heavy atom. The van der Waals surface area contributed by atoms with Crippen molar-refractivity contribution in [2.45, 2.75) is 13.0 Å². The van der Waals surface area contributed by atoms with Gasteiger partial charge in [0.05, 0.1) is 6.04 Å². The average Bonchev–Trinajstić information content (AvgIpc) is 2.94. The highest BCUT2D eigenvalue weighted by molar-refractivity contribution is 7.10. The number of benzene rings is 2. The molecule has 0 fully saturated rings. The molecule has 0 saturated carbocycles. The summed E-state index contributed by atoms with van der Waals surface area (Å²) in [6.45, 7) is 2.10. The normalized spacial score (nSPS) is 12.1. The van der Waals surface area contributed by atoms with Crippen LogP contribution >= 0.6 is 11.3 Å². The summed E-state index contributed by atoms with van der Waals surface area (Å²) in [7, 11) is 0. The molecule has 0 bridgehead atoms. The number of thiophene rings is 1. The van der Waals surface area contributed by atoms with E-state index in [2.05, 4.69) is 18.4 Å².